The summed E-state index contributed by atoms with van der Waals surface area (Å²) in [5.74, 6) is 0.664. The number of nitrogens with zero attached hydrogens (tertiary/aromatic N) is 2. The number of fused-ring (bicyclic) bond motifs is 1. The van der Waals surface area contributed by atoms with E-state index in [1.807, 2.05) is 34.8 Å². The largest absolute Gasteiger partial charge is 0.373 e. The molecule has 0 aromatic carbocycles. The van der Waals surface area contributed by atoms with Gasteiger partial charge in [0.1, 0.15) is 5.69 Å². The van der Waals surface area contributed by atoms with Gasteiger partial charge in [-0.2, -0.15) is 0 Å². The molecule has 2 aliphatic rings. The summed E-state index contributed by atoms with van der Waals surface area (Å²) in [4.78, 5) is 14.2. The summed E-state index contributed by atoms with van der Waals surface area (Å²) >= 11 is 0. The van der Waals surface area contributed by atoms with Crippen LogP contribution in [0.3, 0.4) is 0 Å². The molecule has 4 heteroatoms. The van der Waals surface area contributed by atoms with Gasteiger partial charge >= 0.3 is 0 Å². The summed E-state index contributed by atoms with van der Waals surface area (Å²) in [5.41, 5.74) is 0.762. The molecule has 2 fully saturated rings. The third-order valence-electron chi connectivity index (χ3n) is 3.87. The van der Waals surface area contributed by atoms with E-state index in [2.05, 4.69) is 6.92 Å². The highest BCUT2D eigenvalue weighted by atomic mass is 16.5. The minimum absolute atomic E-state index is 0.128. The molecule has 1 amide bonds. The number of amides is 1. The number of aryl methyl sites for hydroxylation is 1. The second-order valence-corrected chi connectivity index (χ2v) is 5.20. The number of carbonyl (C=O) groups is 1. The molecule has 92 valence electrons. The van der Waals surface area contributed by atoms with Gasteiger partial charge in [-0.05, 0) is 25.5 Å². The van der Waals surface area contributed by atoms with Gasteiger partial charge < -0.3 is 14.2 Å². The molecule has 2 aliphatic heterocycles. The van der Waals surface area contributed by atoms with Gasteiger partial charge in [0.25, 0.3) is 5.91 Å². The van der Waals surface area contributed by atoms with Crippen molar-refractivity contribution in [2.45, 2.75) is 25.6 Å². The number of carbonyl (C=O) groups excluding carboxylic acids is 1. The number of hydrogen-bond acceptors (Lipinski definition) is 2. The Hall–Kier alpha value is -1.29. The fourth-order valence-corrected chi connectivity index (χ4v) is 3.01. The summed E-state index contributed by atoms with van der Waals surface area (Å²) in [7, 11) is 1.91. The lowest BCUT2D eigenvalue weighted by Gasteiger charge is -2.18. The number of hydrogen-bond donors (Lipinski definition) is 0. The van der Waals surface area contributed by atoms with Crippen LogP contribution < -0.4 is 0 Å². The maximum absolute atomic E-state index is 12.3. The molecule has 0 bridgehead atoms. The standard InChI is InChI=1S/C13H18N2O2/c1-9-6-10-7-15(8-12(10)17-9)13(16)11-4-3-5-14(11)2/h3-5,9-10,12H,6-8H2,1-2H3/t9-,10+,12-/m0/s1. The van der Waals surface area contributed by atoms with Gasteiger partial charge in [-0.15, -0.1) is 0 Å². The van der Waals surface area contributed by atoms with Crippen molar-refractivity contribution >= 4 is 5.91 Å². The molecule has 2 saturated heterocycles. The van der Waals surface area contributed by atoms with Crippen LogP contribution >= 0.6 is 0 Å². The molecule has 1 aromatic rings. The van der Waals surface area contributed by atoms with Gasteiger partial charge in [-0.25, -0.2) is 0 Å². The highest BCUT2D eigenvalue weighted by Crippen LogP contribution is 2.33. The smallest absolute Gasteiger partial charge is 0.270 e. The predicted octanol–water partition coefficient (Wildman–Crippen LogP) is 1.27. The Morgan fingerprint density at radius 3 is 2.94 bits per heavy atom. The Morgan fingerprint density at radius 1 is 1.47 bits per heavy atom. The van der Waals surface area contributed by atoms with Crippen LogP contribution in [0.15, 0.2) is 18.3 Å². The van der Waals surface area contributed by atoms with Crippen molar-refractivity contribution < 1.29 is 9.53 Å². The molecule has 3 atom stereocenters. The van der Waals surface area contributed by atoms with Crippen LogP contribution in [-0.4, -0.2) is 40.7 Å². The van der Waals surface area contributed by atoms with Crippen molar-refractivity contribution in [3.05, 3.63) is 24.0 Å². The highest BCUT2D eigenvalue weighted by Gasteiger charge is 2.42. The molecule has 0 aliphatic carbocycles. The maximum atomic E-state index is 12.3. The lowest BCUT2D eigenvalue weighted by Crippen LogP contribution is -2.32. The van der Waals surface area contributed by atoms with Gasteiger partial charge in [-0.3, -0.25) is 4.79 Å². The molecular formula is C13H18N2O2. The summed E-state index contributed by atoms with van der Waals surface area (Å²) in [6, 6.07) is 3.78. The fraction of sp³-hybridized carbons (Fsp3) is 0.615. The van der Waals surface area contributed by atoms with Crippen LogP contribution in [0.1, 0.15) is 23.8 Å². The highest BCUT2D eigenvalue weighted by molar-refractivity contribution is 5.93. The lowest BCUT2D eigenvalue weighted by molar-refractivity contribution is 0.0440. The topological polar surface area (TPSA) is 34.5 Å². The van der Waals surface area contributed by atoms with Crippen LogP contribution in [0.5, 0.6) is 0 Å². The van der Waals surface area contributed by atoms with Crippen molar-refractivity contribution in [2.24, 2.45) is 13.0 Å². The van der Waals surface area contributed by atoms with Crippen LogP contribution in [0.2, 0.25) is 0 Å². The first kappa shape index (κ1) is 10.8. The molecule has 1 aromatic heterocycles. The second-order valence-electron chi connectivity index (χ2n) is 5.20. The average Bonchev–Trinajstić information content (AvgIpc) is 2.90. The minimum Gasteiger partial charge on any atom is -0.373 e. The molecule has 4 nitrogen and oxygen atoms in total. The van der Waals surface area contributed by atoms with Crippen molar-refractivity contribution in [3.8, 4) is 0 Å². The van der Waals surface area contributed by atoms with Crippen LogP contribution in [0.25, 0.3) is 0 Å². The number of ether oxygens (including phenoxy) is 1. The molecule has 0 unspecified atom stereocenters. The van der Waals surface area contributed by atoms with E-state index in [9.17, 15) is 4.79 Å². The Balaban J connectivity index is 1.72. The van der Waals surface area contributed by atoms with E-state index < -0.39 is 0 Å². The Morgan fingerprint density at radius 2 is 2.29 bits per heavy atom. The van der Waals surface area contributed by atoms with E-state index in [1.54, 1.807) is 0 Å². The van der Waals surface area contributed by atoms with Crippen LogP contribution in [-0.2, 0) is 11.8 Å². The fourth-order valence-electron chi connectivity index (χ4n) is 3.01. The maximum Gasteiger partial charge on any atom is 0.270 e. The predicted molar refractivity (Wildman–Crippen MR) is 63.8 cm³/mol. The van der Waals surface area contributed by atoms with E-state index in [4.69, 9.17) is 4.74 Å². The first-order valence-electron chi connectivity index (χ1n) is 6.21. The van der Waals surface area contributed by atoms with E-state index in [0.29, 0.717) is 12.0 Å². The van der Waals surface area contributed by atoms with E-state index >= 15 is 0 Å². The van der Waals surface area contributed by atoms with Gasteiger partial charge in [0.05, 0.1) is 12.2 Å². The first-order valence-corrected chi connectivity index (χ1v) is 6.21. The summed E-state index contributed by atoms with van der Waals surface area (Å²) < 4.78 is 7.69. The van der Waals surface area contributed by atoms with Gasteiger partial charge in [0.2, 0.25) is 0 Å². The van der Waals surface area contributed by atoms with Crippen LogP contribution in [0.4, 0.5) is 0 Å². The molecule has 0 saturated carbocycles. The van der Waals surface area contributed by atoms with Crippen molar-refractivity contribution in [1.82, 2.24) is 9.47 Å². The number of aromatic nitrogens is 1. The zero-order valence-electron chi connectivity index (χ0n) is 10.3. The molecule has 17 heavy (non-hydrogen) atoms. The normalized spacial score (nSPS) is 31.9. The Bertz CT molecular complexity index is 426. The molecule has 3 heterocycles. The molecule has 0 radical (unpaired) electrons. The van der Waals surface area contributed by atoms with E-state index in [1.165, 1.54) is 0 Å². The second kappa shape index (κ2) is 3.88. The van der Waals surface area contributed by atoms with Gasteiger partial charge in [-0.1, -0.05) is 0 Å². The Kier molecular flexibility index (Phi) is 2.47. The van der Waals surface area contributed by atoms with Crippen molar-refractivity contribution in [1.29, 1.82) is 0 Å². The van der Waals surface area contributed by atoms with E-state index in [-0.39, 0.29) is 12.0 Å². The Labute approximate surface area is 101 Å². The quantitative estimate of drug-likeness (QED) is 0.733. The lowest BCUT2D eigenvalue weighted by atomic mass is 10.0. The summed E-state index contributed by atoms with van der Waals surface area (Å²) in [6.07, 6.45) is 3.61. The van der Waals surface area contributed by atoms with Crippen LogP contribution in [0, 0.1) is 5.92 Å². The average molecular weight is 234 g/mol. The van der Waals surface area contributed by atoms with Gasteiger partial charge in [0.15, 0.2) is 0 Å². The summed E-state index contributed by atoms with van der Waals surface area (Å²) in [6.45, 7) is 3.71. The third kappa shape index (κ3) is 1.76. The summed E-state index contributed by atoms with van der Waals surface area (Å²) in [5, 5.41) is 0. The minimum atomic E-state index is 0.128. The first-order chi connectivity index (χ1) is 8.15. The molecular weight excluding hydrogens is 216 g/mol. The zero-order chi connectivity index (χ0) is 12.0. The zero-order valence-corrected chi connectivity index (χ0v) is 10.3. The molecule has 0 spiro atoms. The molecule has 0 N–H and O–H groups in total. The third-order valence-corrected chi connectivity index (χ3v) is 3.87. The van der Waals surface area contributed by atoms with E-state index in [0.717, 1.165) is 25.2 Å². The SMILES string of the molecule is C[C@H]1C[C@@H]2CN(C(=O)c3cccn3C)C[C@@H]2O1. The monoisotopic (exact) mass is 234 g/mol. The molecule has 3 rings (SSSR count). The number of rotatable bonds is 1. The van der Waals surface area contributed by atoms with Gasteiger partial charge in [0, 0.05) is 32.3 Å². The van der Waals surface area contributed by atoms with Crippen molar-refractivity contribution in [2.75, 3.05) is 13.1 Å². The van der Waals surface area contributed by atoms with Crippen molar-refractivity contribution in [3.63, 3.8) is 0 Å². The number of likely N-dealkylation sites (tertiary alicyclic amines) is 1.